The summed E-state index contributed by atoms with van der Waals surface area (Å²) in [6, 6.07) is 0. The molecule has 0 aromatic rings. The van der Waals surface area contributed by atoms with Crippen LogP contribution in [0.4, 0.5) is 0 Å². The van der Waals surface area contributed by atoms with Crippen LogP contribution in [0.5, 0.6) is 0 Å². The highest BCUT2D eigenvalue weighted by molar-refractivity contribution is 7.47. The maximum Gasteiger partial charge on any atom is 0.472 e. The molecular formula is C79H148O16P2. The number of allylic oxidation sites excluding steroid dienone is 8. The Labute approximate surface area is 593 Å². The molecule has 0 aliphatic heterocycles. The van der Waals surface area contributed by atoms with E-state index >= 15 is 0 Å². The van der Waals surface area contributed by atoms with Gasteiger partial charge in [-0.15, -0.1) is 0 Å². The van der Waals surface area contributed by atoms with Crippen molar-refractivity contribution in [1.82, 2.24) is 0 Å². The summed E-state index contributed by atoms with van der Waals surface area (Å²) in [6.45, 7) is 2.74. The van der Waals surface area contributed by atoms with Crippen molar-refractivity contribution in [2.75, 3.05) is 39.6 Å². The van der Waals surface area contributed by atoms with Crippen molar-refractivity contribution in [2.24, 2.45) is 0 Å². The number of hydrogen-bond acceptors (Lipinski definition) is 14. The van der Waals surface area contributed by atoms with Crippen LogP contribution in [0.3, 0.4) is 0 Å². The zero-order valence-electron chi connectivity index (χ0n) is 62.3. The second kappa shape index (κ2) is 73.3. The fraction of sp³-hybridized carbons (Fsp3) is 0.861. The molecule has 570 valence electrons. The fourth-order valence-electron chi connectivity index (χ4n) is 11.4. The first-order valence-electron chi connectivity index (χ1n) is 39.9. The van der Waals surface area contributed by atoms with Crippen LogP contribution >= 0.6 is 15.6 Å². The molecule has 0 rings (SSSR count). The molecule has 0 radical (unpaired) electrons. The van der Waals surface area contributed by atoms with Crippen LogP contribution in [0, 0.1) is 0 Å². The molecule has 0 fully saturated rings. The minimum absolute atomic E-state index is 0.115. The number of esters is 3. The number of aliphatic hydroxyl groups is 2. The van der Waals surface area contributed by atoms with E-state index in [1.165, 1.54) is 244 Å². The molecule has 0 aromatic heterocycles. The quantitative estimate of drug-likeness (QED) is 0.0146. The number of carbonyl (C=O) groups excluding carboxylic acids is 3. The van der Waals surface area contributed by atoms with Crippen molar-refractivity contribution in [3.8, 4) is 0 Å². The van der Waals surface area contributed by atoms with Crippen LogP contribution in [0.2, 0.25) is 0 Å². The Morgan fingerprint density at radius 2 is 0.515 bits per heavy atom. The van der Waals surface area contributed by atoms with Gasteiger partial charge in [-0.3, -0.25) is 32.5 Å². The Kier molecular flexibility index (Phi) is 71.4. The number of unbranched alkanes of at least 4 members (excludes halogenated alkanes) is 46. The van der Waals surface area contributed by atoms with Crippen molar-refractivity contribution >= 4 is 33.6 Å². The van der Waals surface area contributed by atoms with Crippen molar-refractivity contribution in [3.05, 3.63) is 48.6 Å². The summed E-state index contributed by atoms with van der Waals surface area (Å²) in [5, 5.41) is 20.6. The Morgan fingerprint density at radius 1 is 0.289 bits per heavy atom. The molecule has 0 amide bonds. The normalized spacial score (nSPS) is 14.3. The Morgan fingerprint density at radius 3 is 0.835 bits per heavy atom. The van der Waals surface area contributed by atoms with Crippen molar-refractivity contribution < 1.29 is 75.8 Å². The van der Waals surface area contributed by atoms with Crippen LogP contribution in [0.1, 0.15) is 380 Å². The van der Waals surface area contributed by atoms with E-state index < -0.39 is 91.5 Å². The molecule has 4 N–H and O–H groups in total. The zero-order chi connectivity index (χ0) is 70.9. The lowest BCUT2D eigenvalue weighted by molar-refractivity contribution is -0.161. The average molecular weight is 1420 g/mol. The molecule has 0 saturated heterocycles. The first-order valence-corrected chi connectivity index (χ1v) is 42.9. The molecule has 18 heteroatoms. The molecule has 16 nitrogen and oxygen atoms in total. The van der Waals surface area contributed by atoms with Crippen molar-refractivity contribution in [2.45, 2.75) is 399 Å². The maximum absolute atomic E-state index is 12.9. The van der Waals surface area contributed by atoms with Gasteiger partial charge < -0.3 is 34.2 Å². The second-order valence-corrected chi connectivity index (χ2v) is 30.1. The topological polar surface area (TPSA) is 231 Å². The van der Waals surface area contributed by atoms with Gasteiger partial charge >= 0.3 is 33.6 Å². The molecule has 0 aliphatic carbocycles. The number of ether oxygens (including phenoxy) is 3. The van der Waals surface area contributed by atoms with Crippen LogP contribution < -0.4 is 0 Å². The summed E-state index contributed by atoms with van der Waals surface area (Å²) >= 11 is 0. The van der Waals surface area contributed by atoms with Gasteiger partial charge in [0.1, 0.15) is 25.4 Å². The Bertz CT molecular complexity index is 1960. The highest BCUT2D eigenvalue weighted by Crippen LogP contribution is 2.45. The van der Waals surface area contributed by atoms with Gasteiger partial charge in [-0.25, -0.2) is 9.13 Å². The predicted octanol–water partition coefficient (Wildman–Crippen LogP) is 23.1. The van der Waals surface area contributed by atoms with E-state index in [-0.39, 0.29) is 19.3 Å². The van der Waals surface area contributed by atoms with Gasteiger partial charge in [0.05, 0.1) is 26.4 Å². The van der Waals surface area contributed by atoms with Gasteiger partial charge in [0.2, 0.25) is 0 Å². The van der Waals surface area contributed by atoms with Crippen molar-refractivity contribution in [1.29, 1.82) is 0 Å². The molecule has 97 heavy (non-hydrogen) atoms. The molecule has 5 unspecified atom stereocenters. The van der Waals surface area contributed by atoms with Gasteiger partial charge in [0.25, 0.3) is 0 Å². The van der Waals surface area contributed by atoms with E-state index in [1.54, 1.807) is 0 Å². The molecule has 0 aromatic carbocycles. The van der Waals surface area contributed by atoms with Gasteiger partial charge in [-0.1, -0.05) is 345 Å². The summed E-state index contributed by atoms with van der Waals surface area (Å²) in [5.41, 5.74) is 0. The average Bonchev–Trinajstić information content (AvgIpc) is 1.84. The molecule has 0 saturated carbocycles. The third-order valence-electron chi connectivity index (χ3n) is 17.6. The summed E-state index contributed by atoms with van der Waals surface area (Å²) in [7, 11) is -9.76. The number of phosphoric acid groups is 2. The number of hydrogen-bond donors (Lipinski definition) is 4. The second-order valence-electron chi connectivity index (χ2n) is 27.2. The van der Waals surface area contributed by atoms with Crippen LogP contribution in [-0.2, 0) is 55.8 Å². The molecule has 0 bridgehead atoms. The predicted molar refractivity (Wildman–Crippen MR) is 399 cm³/mol. The fourth-order valence-corrected chi connectivity index (χ4v) is 13.0. The van der Waals surface area contributed by atoms with Gasteiger partial charge in [0.15, 0.2) is 6.10 Å². The van der Waals surface area contributed by atoms with E-state index in [0.29, 0.717) is 19.3 Å². The third-order valence-corrected chi connectivity index (χ3v) is 19.5. The maximum atomic E-state index is 12.9. The van der Waals surface area contributed by atoms with Gasteiger partial charge in [0, 0.05) is 19.3 Å². The number of phosphoric ester groups is 2. The smallest absolute Gasteiger partial charge is 0.463 e. The van der Waals surface area contributed by atoms with E-state index in [0.717, 1.165) is 77.0 Å². The van der Waals surface area contributed by atoms with E-state index in [2.05, 4.69) is 69.4 Å². The monoisotopic (exact) mass is 1420 g/mol. The molecular weight excluding hydrogens is 1270 g/mol. The van der Waals surface area contributed by atoms with Crippen molar-refractivity contribution in [3.63, 3.8) is 0 Å². The lowest BCUT2D eigenvalue weighted by atomic mass is 10.0. The Hall–Kier alpha value is -2.49. The summed E-state index contributed by atoms with van der Waals surface area (Å²) in [4.78, 5) is 58.6. The molecule has 0 aliphatic rings. The van der Waals surface area contributed by atoms with E-state index in [9.17, 15) is 43.5 Å². The SMILES string of the molecule is CCCCC/C=C\C/C=C\C/C=C\C/C=C\CCCCCCCCCCCCCCCCCC(=O)OCC(O)COP(=O)(O)OCC(O)COP(=O)(O)OCC(COC(=O)CCCCCCCCCCCCCCCCC)OC(=O)CCCCCCCCCCCCCCCCC. The summed E-state index contributed by atoms with van der Waals surface area (Å²) < 4.78 is 61.1. The largest absolute Gasteiger partial charge is 0.472 e. The standard InChI is InChI=1S/C79H148O16P2/c1-4-7-10-13-16-19-22-25-28-29-30-31-32-33-34-35-36-37-38-39-40-41-42-43-46-48-50-53-56-59-62-65-77(82)89-68-74(80)69-91-96(85,86)92-70-75(81)71-93-97(87,88)94-73-76(95-79(84)67-64-61-58-55-52-49-45-27-24-21-18-15-12-9-6-3)72-90-78(83)66-63-60-57-54-51-47-44-26-23-20-17-14-11-8-5-2/h16,19,25,28,30-31,33-34,74-76,80-81H,4-15,17-18,20-24,26-27,29,32,35-73H2,1-3H3,(H,85,86)(H,87,88)/b19-16-,28-25-,31-30-,34-33-. The minimum atomic E-state index is -4.92. The highest BCUT2D eigenvalue weighted by atomic mass is 31.2. The lowest BCUT2D eigenvalue weighted by Gasteiger charge is -2.21. The number of carbonyl (C=O) groups is 3. The molecule has 5 atom stereocenters. The van der Waals surface area contributed by atoms with E-state index in [1.807, 2.05) is 0 Å². The summed E-state index contributed by atoms with van der Waals surface area (Å²) in [6.07, 6.45) is 77.4. The third kappa shape index (κ3) is 74.5. The zero-order valence-corrected chi connectivity index (χ0v) is 64.1. The highest BCUT2D eigenvalue weighted by Gasteiger charge is 2.29. The van der Waals surface area contributed by atoms with Crippen LogP contribution in [0.25, 0.3) is 0 Å². The first kappa shape index (κ1) is 94.5. The lowest BCUT2D eigenvalue weighted by Crippen LogP contribution is -2.30. The van der Waals surface area contributed by atoms with Gasteiger partial charge in [-0.05, 0) is 64.2 Å². The molecule has 0 spiro atoms. The van der Waals surface area contributed by atoms with Crippen LogP contribution in [-0.4, -0.2) is 95.9 Å². The van der Waals surface area contributed by atoms with Gasteiger partial charge in [-0.2, -0.15) is 0 Å². The van der Waals surface area contributed by atoms with E-state index in [4.69, 9.17) is 32.3 Å². The minimum Gasteiger partial charge on any atom is -0.463 e. The van der Waals surface area contributed by atoms with Crippen LogP contribution in [0.15, 0.2) is 48.6 Å². The Balaban J connectivity index is 4.39. The number of aliphatic hydroxyl groups excluding tert-OH is 2. The number of rotatable bonds is 77. The molecule has 0 heterocycles. The first-order chi connectivity index (χ1) is 47.2. The summed E-state index contributed by atoms with van der Waals surface area (Å²) in [5.74, 6) is -1.54.